The molecule has 2 aliphatic heterocycles. The maximum atomic E-state index is 5.62. The van der Waals surface area contributed by atoms with Crippen LogP contribution in [-0.2, 0) is 9.47 Å². The first-order valence-electron chi connectivity index (χ1n) is 4.37. The third-order valence-corrected chi connectivity index (χ3v) is 2.50. The molecule has 0 spiro atoms. The molecule has 0 aromatic rings. The van der Waals surface area contributed by atoms with E-state index in [1.54, 1.807) is 0 Å². The second kappa shape index (κ2) is 3.09. The van der Waals surface area contributed by atoms with Crippen LogP contribution in [0.1, 0.15) is 19.3 Å². The highest BCUT2D eigenvalue weighted by Crippen LogP contribution is 2.35. The lowest BCUT2D eigenvalue weighted by molar-refractivity contribution is 0.00257. The summed E-state index contributed by atoms with van der Waals surface area (Å²) in [5, 5.41) is 0. The smallest absolute Gasteiger partial charge is 0.0862 e. The van der Waals surface area contributed by atoms with Gasteiger partial charge in [-0.25, -0.2) is 0 Å². The van der Waals surface area contributed by atoms with Crippen LogP contribution in [0, 0.1) is 0 Å². The molecule has 0 amide bonds. The number of fused-ring (bicyclic) bond motifs is 2. The molecule has 0 radical (unpaired) electrons. The van der Waals surface area contributed by atoms with Gasteiger partial charge in [-0.05, 0) is 12.8 Å². The Bertz CT molecular complexity index is 140. The molecule has 64 valence electrons. The van der Waals surface area contributed by atoms with Gasteiger partial charge in [0.15, 0.2) is 0 Å². The average Bonchev–Trinajstić information content (AvgIpc) is 2.60. The number of hydrogen-bond donors (Lipinski definition) is 1. The maximum absolute atomic E-state index is 5.62. The van der Waals surface area contributed by atoms with Crippen LogP contribution in [0.2, 0.25) is 0 Å². The highest BCUT2D eigenvalue weighted by atomic mass is 16.6. The van der Waals surface area contributed by atoms with Crippen molar-refractivity contribution < 1.29 is 9.47 Å². The number of rotatable bonds is 3. The second-order valence-electron chi connectivity index (χ2n) is 3.31. The monoisotopic (exact) mass is 157 g/mol. The van der Waals surface area contributed by atoms with E-state index < -0.39 is 0 Å². The van der Waals surface area contributed by atoms with Gasteiger partial charge in [0.05, 0.1) is 24.9 Å². The van der Waals surface area contributed by atoms with Crippen molar-refractivity contribution >= 4 is 0 Å². The predicted molar refractivity (Wildman–Crippen MR) is 41.3 cm³/mol. The lowest BCUT2D eigenvalue weighted by Crippen LogP contribution is -2.27. The van der Waals surface area contributed by atoms with E-state index in [2.05, 4.69) is 0 Å². The molecular weight excluding hydrogens is 142 g/mol. The summed E-state index contributed by atoms with van der Waals surface area (Å²) in [6.45, 7) is 1.30. The molecule has 3 atom stereocenters. The minimum atomic E-state index is 0.345. The predicted octanol–water partition coefficient (Wildman–Crippen LogP) is 0.282. The van der Waals surface area contributed by atoms with Crippen LogP contribution in [0.3, 0.4) is 0 Å². The molecule has 2 saturated heterocycles. The largest absolute Gasteiger partial charge is 0.374 e. The van der Waals surface area contributed by atoms with Crippen molar-refractivity contribution in [1.29, 1.82) is 0 Å². The van der Waals surface area contributed by atoms with Crippen molar-refractivity contribution in [2.24, 2.45) is 5.73 Å². The van der Waals surface area contributed by atoms with Gasteiger partial charge < -0.3 is 15.2 Å². The van der Waals surface area contributed by atoms with Gasteiger partial charge in [-0.2, -0.15) is 0 Å². The van der Waals surface area contributed by atoms with Gasteiger partial charge in [0, 0.05) is 13.0 Å². The van der Waals surface area contributed by atoms with Crippen molar-refractivity contribution in [2.45, 2.75) is 37.6 Å². The Morgan fingerprint density at radius 2 is 2.36 bits per heavy atom. The standard InChI is InChI=1S/C8H15NO2/c9-3-4-10-8-5-6-1-2-7(8)11-6/h6-8H,1-5,9H2. The van der Waals surface area contributed by atoms with E-state index >= 15 is 0 Å². The molecule has 3 unspecified atom stereocenters. The summed E-state index contributed by atoms with van der Waals surface area (Å²) in [5.74, 6) is 0. The van der Waals surface area contributed by atoms with Crippen molar-refractivity contribution in [2.75, 3.05) is 13.2 Å². The van der Waals surface area contributed by atoms with Crippen molar-refractivity contribution in [3.05, 3.63) is 0 Å². The zero-order chi connectivity index (χ0) is 7.68. The molecule has 11 heavy (non-hydrogen) atoms. The Kier molecular flexibility index (Phi) is 2.11. The Morgan fingerprint density at radius 1 is 1.45 bits per heavy atom. The topological polar surface area (TPSA) is 44.5 Å². The quantitative estimate of drug-likeness (QED) is 0.640. The van der Waals surface area contributed by atoms with E-state index in [0.29, 0.717) is 31.5 Å². The van der Waals surface area contributed by atoms with Gasteiger partial charge in [-0.1, -0.05) is 0 Å². The second-order valence-corrected chi connectivity index (χ2v) is 3.31. The van der Waals surface area contributed by atoms with E-state index in [4.69, 9.17) is 15.2 Å². The highest BCUT2D eigenvalue weighted by Gasteiger charge is 2.41. The average molecular weight is 157 g/mol. The Morgan fingerprint density at radius 3 is 2.91 bits per heavy atom. The normalized spacial score (nSPS) is 41.7. The first-order valence-corrected chi connectivity index (χ1v) is 4.37. The first kappa shape index (κ1) is 7.53. The van der Waals surface area contributed by atoms with Gasteiger partial charge in [0.25, 0.3) is 0 Å². The molecule has 0 aromatic carbocycles. The summed E-state index contributed by atoms with van der Waals surface area (Å²) in [5.41, 5.74) is 5.34. The fourth-order valence-corrected chi connectivity index (χ4v) is 1.99. The van der Waals surface area contributed by atoms with Crippen LogP contribution >= 0.6 is 0 Å². The molecule has 2 N–H and O–H groups in total. The number of ether oxygens (including phenoxy) is 2. The molecule has 0 aliphatic carbocycles. The molecule has 3 heteroatoms. The first-order chi connectivity index (χ1) is 5.40. The third kappa shape index (κ3) is 1.41. The van der Waals surface area contributed by atoms with Crippen LogP contribution in [0.15, 0.2) is 0 Å². The van der Waals surface area contributed by atoms with Crippen LogP contribution < -0.4 is 5.73 Å². The van der Waals surface area contributed by atoms with E-state index in [1.165, 1.54) is 12.8 Å². The summed E-state index contributed by atoms with van der Waals surface area (Å²) in [7, 11) is 0. The van der Waals surface area contributed by atoms with Gasteiger partial charge in [0.2, 0.25) is 0 Å². The van der Waals surface area contributed by atoms with E-state index in [1.807, 2.05) is 0 Å². The Hall–Kier alpha value is -0.120. The summed E-state index contributed by atoms with van der Waals surface area (Å²) in [6.07, 6.45) is 4.71. The summed E-state index contributed by atoms with van der Waals surface area (Å²) < 4.78 is 11.2. The molecule has 2 bridgehead atoms. The van der Waals surface area contributed by atoms with Gasteiger partial charge in [-0.15, -0.1) is 0 Å². The lowest BCUT2D eigenvalue weighted by Gasteiger charge is -2.18. The SMILES string of the molecule is NCCOC1CC2CCC1O2. The third-order valence-electron chi connectivity index (χ3n) is 2.50. The summed E-state index contributed by atoms with van der Waals surface area (Å²) >= 11 is 0. The molecule has 2 fully saturated rings. The molecule has 0 saturated carbocycles. The maximum Gasteiger partial charge on any atom is 0.0862 e. The zero-order valence-electron chi connectivity index (χ0n) is 6.66. The van der Waals surface area contributed by atoms with Gasteiger partial charge >= 0.3 is 0 Å². The van der Waals surface area contributed by atoms with E-state index in [0.717, 1.165) is 6.42 Å². The zero-order valence-corrected chi connectivity index (χ0v) is 6.66. The van der Waals surface area contributed by atoms with Crippen molar-refractivity contribution in [1.82, 2.24) is 0 Å². The minimum absolute atomic E-state index is 0.345. The van der Waals surface area contributed by atoms with Crippen LogP contribution in [-0.4, -0.2) is 31.5 Å². The minimum Gasteiger partial charge on any atom is -0.374 e. The molecule has 2 aliphatic rings. The fourth-order valence-electron chi connectivity index (χ4n) is 1.99. The molecular formula is C8H15NO2. The number of hydrogen-bond acceptors (Lipinski definition) is 3. The molecule has 2 rings (SSSR count). The molecule has 0 aromatic heterocycles. The summed E-state index contributed by atoms with van der Waals surface area (Å²) in [4.78, 5) is 0. The highest BCUT2D eigenvalue weighted by molar-refractivity contribution is 4.90. The van der Waals surface area contributed by atoms with Crippen LogP contribution in [0.4, 0.5) is 0 Å². The Balaban J connectivity index is 1.78. The van der Waals surface area contributed by atoms with Crippen molar-refractivity contribution in [3.8, 4) is 0 Å². The lowest BCUT2D eigenvalue weighted by atomic mass is 9.98. The van der Waals surface area contributed by atoms with Gasteiger partial charge in [0.1, 0.15) is 0 Å². The van der Waals surface area contributed by atoms with E-state index in [-0.39, 0.29) is 0 Å². The van der Waals surface area contributed by atoms with Crippen molar-refractivity contribution in [3.63, 3.8) is 0 Å². The Labute approximate surface area is 66.8 Å². The summed E-state index contributed by atoms with van der Waals surface area (Å²) in [6, 6.07) is 0. The van der Waals surface area contributed by atoms with Gasteiger partial charge in [-0.3, -0.25) is 0 Å². The fraction of sp³-hybridized carbons (Fsp3) is 1.00. The molecule has 2 heterocycles. The molecule has 3 nitrogen and oxygen atoms in total. The van der Waals surface area contributed by atoms with Crippen LogP contribution in [0.5, 0.6) is 0 Å². The number of nitrogens with two attached hydrogens (primary N) is 1. The van der Waals surface area contributed by atoms with E-state index in [9.17, 15) is 0 Å². The van der Waals surface area contributed by atoms with Crippen LogP contribution in [0.25, 0.3) is 0 Å².